The SMILES string of the molecule is C=CCCOC1CCC2[C@@H]3CCC4CC5(CCC4=C3[C@@H](c3ccc(C(=O)N(C)OC)cc3)C[C@]12C)OCCO5. The van der Waals surface area contributed by atoms with Crippen molar-refractivity contribution in [1.29, 1.82) is 0 Å². The molecule has 0 bridgehead atoms. The number of nitrogens with zero attached hydrogens (tertiary/aromatic N) is 1. The lowest BCUT2D eigenvalue weighted by atomic mass is 9.52. The van der Waals surface area contributed by atoms with E-state index in [4.69, 9.17) is 19.0 Å². The fourth-order valence-electron chi connectivity index (χ4n) is 8.93. The fraction of sp³-hybridized carbons (Fsp3) is 0.667. The molecular formula is C33H45NO5. The minimum atomic E-state index is -0.354. The van der Waals surface area contributed by atoms with Gasteiger partial charge >= 0.3 is 0 Å². The van der Waals surface area contributed by atoms with E-state index in [9.17, 15) is 4.79 Å². The van der Waals surface area contributed by atoms with Gasteiger partial charge in [-0.1, -0.05) is 36.3 Å². The van der Waals surface area contributed by atoms with Crippen LogP contribution in [0.25, 0.3) is 0 Å². The summed E-state index contributed by atoms with van der Waals surface area (Å²) < 4.78 is 18.9. The van der Waals surface area contributed by atoms with Crippen LogP contribution in [0.3, 0.4) is 0 Å². The first-order chi connectivity index (χ1) is 18.9. The number of hydroxylamine groups is 2. The Morgan fingerprint density at radius 2 is 1.90 bits per heavy atom. The van der Waals surface area contributed by atoms with Crippen molar-refractivity contribution < 1.29 is 23.8 Å². The van der Waals surface area contributed by atoms with E-state index < -0.39 is 0 Å². The van der Waals surface area contributed by atoms with Crippen LogP contribution in [0, 0.1) is 23.2 Å². The number of carbonyl (C=O) groups excluding carboxylic acids is 1. The second-order valence-corrected chi connectivity index (χ2v) is 12.7. The molecule has 4 fully saturated rings. The highest BCUT2D eigenvalue weighted by molar-refractivity contribution is 5.93. The maximum absolute atomic E-state index is 12.7. The Hall–Kier alpha value is -1.99. The predicted octanol–water partition coefficient (Wildman–Crippen LogP) is 6.43. The molecule has 0 N–H and O–H groups in total. The molecule has 3 saturated carbocycles. The van der Waals surface area contributed by atoms with Crippen molar-refractivity contribution >= 4 is 5.91 Å². The Kier molecular flexibility index (Phi) is 7.51. The van der Waals surface area contributed by atoms with Crippen molar-refractivity contribution in [3.63, 3.8) is 0 Å². The summed E-state index contributed by atoms with van der Waals surface area (Å²) in [6.45, 7) is 8.60. The first kappa shape index (κ1) is 27.2. The van der Waals surface area contributed by atoms with Crippen molar-refractivity contribution in [1.82, 2.24) is 5.06 Å². The molecule has 5 aliphatic rings. The Morgan fingerprint density at radius 1 is 1.13 bits per heavy atom. The standard InChI is InChI=1S/C33H45NO5/c1-5-6-17-37-29-14-13-28-26-12-11-24-20-33(38-18-19-39-33)16-15-25(24)30(26)27(21-32(28,29)2)22-7-9-23(10-8-22)31(35)34(3)36-4/h5,7-10,24,26-29H,1,6,11-21H2,2-4H3/t24?,26-,27+,28?,29?,32-/m0/s1. The van der Waals surface area contributed by atoms with E-state index in [1.165, 1.54) is 37.0 Å². The van der Waals surface area contributed by atoms with Crippen LogP contribution >= 0.6 is 0 Å². The zero-order chi connectivity index (χ0) is 27.2. The number of rotatable bonds is 7. The number of allylic oxidation sites excluding steroid dienone is 2. The lowest BCUT2D eigenvalue weighted by molar-refractivity contribution is -0.181. The molecule has 4 aliphatic carbocycles. The molecule has 6 atom stereocenters. The van der Waals surface area contributed by atoms with Crippen molar-refractivity contribution in [3.8, 4) is 0 Å². The second-order valence-electron chi connectivity index (χ2n) is 12.7. The number of ether oxygens (including phenoxy) is 3. The molecule has 0 radical (unpaired) electrons. The van der Waals surface area contributed by atoms with Crippen LogP contribution in [0.2, 0.25) is 0 Å². The van der Waals surface area contributed by atoms with Crippen molar-refractivity contribution in [3.05, 3.63) is 59.2 Å². The Morgan fingerprint density at radius 3 is 2.62 bits per heavy atom. The van der Waals surface area contributed by atoms with Gasteiger partial charge < -0.3 is 14.2 Å². The molecule has 3 unspecified atom stereocenters. The molecule has 39 heavy (non-hydrogen) atoms. The number of carbonyl (C=O) groups is 1. The third-order valence-electron chi connectivity index (χ3n) is 10.8. The average molecular weight is 536 g/mol. The van der Waals surface area contributed by atoms with E-state index in [0.717, 1.165) is 58.3 Å². The summed E-state index contributed by atoms with van der Waals surface area (Å²) >= 11 is 0. The Balaban J connectivity index is 1.36. The largest absolute Gasteiger partial charge is 0.377 e. The third kappa shape index (κ3) is 4.71. The topological polar surface area (TPSA) is 57.2 Å². The molecule has 1 spiro atoms. The summed E-state index contributed by atoms with van der Waals surface area (Å²) in [7, 11) is 3.17. The van der Waals surface area contributed by atoms with Gasteiger partial charge in [0.1, 0.15) is 0 Å². The Labute approximate surface area is 233 Å². The summed E-state index contributed by atoms with van der Waals surface area (Å²) in [5.74, 6) is 1.68. The van der Waals surface area contributed by atoms with E-state index in [1.54, 1.807) is 18.2 Å². The molecule has 6 rings (SSSR count). The number of hydrogen-bond acceptors (Lipinski definition) is 5. The normalized spacial score (nSPS) is 34.9. The fourth-order valence-corrected chi connectivity index (χ4v) is 8.93. The van der Waals surface area contributed by atoms with Crippen molar-refractivity contribution in [2.24, 2.45) is 23.2 Å². The van der Waals surface area contributed by atoms with Crippen LogP contribution in [0.15, 0.2) is 48.1 Å². The molecule has 1 aromatic rings. The van der Waals surface area contributed by atoms with Gasteiger partial charge in [-0.3, -0.25) is 9.63 Å². The molecule has 1 aliphatic heterocycles. The first-order valence-corrected chi connectivity index (χ1v) is 15.0. The minimum Gasteiger partial charge on any atom is -0.377 e. The van der Waals surface area contributed by atoms with Crippen LogP contribution in [0.5, 0.6) is 0 Å². The van der Waals surface area contributed by atoms with Gasteiger partial charge in [0.05, 0.1) is 33.0 Å². The number of fused-ring (bicyclic) bond motifs is 4. The number of amides is 1. The highest BCUT2D eigenvalue weighted by Crippen LogP contribution is 2.65. The molecular weight excluding hydrogens is 490 g/mol. The monoisotopic (exact) mass is 535 g/mol. The summed E-state index contributed by atoms with van der Waals surface area (Å²) in [6.07, 6.45) is 12.2. The van der Waals surface area contributed by atoms with Gasteiger partial charge in [-0.15, -0.1) is 6.58 Å². The Bertz CT molecular complexity index is 1110. The molecule has 6 heteroatoms. The summed E-state index contributed by atoms with van der Waals surface area (Å²) in [5, 5.41) is 1.28. The zero-order valence-corrected chi connectivity index (χ0v) is 24.0. The van der Waals surface area contributed by atoms with Crippen LogP contribution in [0.4, 0.5) is 0 Å². The summed E-state index contributed by atoms with van der Waals surface area (Å²) in [4.78, 5) is 17.8. The molecule has 6 nitrogen and oxygen atoms in total. The smallest absolute Gasteiger partial charge is 0.277 e. The molecule has 1 aromatic carbocycles. The molecule has 1 saturated heterocycles. The van der Waals surface area contributed by atoms with Crippen molar-refractivity contribution in [2.45, 2.75) is 82.5 Å². The van der Waals surface area contributed by atoms with Gasteiger partial charge in [-0.25, -0.2) is 5.06 Å². The van der Waals surface area contributed by atoms with Crippen LogP contribution < -0.4 is 0 Å². The van der Waals surface area contributed by atoms with Crippen LogP contribution in [0.1, 0.15) is 86.6 Å². The van der Waals surface area contributed by atoms with Gasteiger partial charge in [0, 0.05) is 31.4 Å². The molecule has 1 amide bonds. The highest BCUT2D eigenvalue weighted by Gasteiger charge is 2.58. The summed E-state index contributed by atoms with van der Waals surface area (Å²) in [6, 6.07) is 8.33. The van der Waals surface area contributed by atoms with Gasteiger partial charge in [-0.2, -0.15) is 0 Å². The van der Waals surface area contributed by atoms with E-state index in [1.807, 2.05) is 18.2 Å². The second kappa shape index (κ2) is 10.8. The van der Waals surface area contributed by atoms with Gasteiger partial charge in [-0.05, 0) is 85.8 Å². The van der Waals surface area contributed by atoms with Crippen LogP contribution in [-0.2, 0) is 19.0 Å². The van der Waals surface area contributed by atoms with Crippen molar-refractivity contribution in [2.75, 3.05) is 34.0 Å². The lowest BCUT2D eigenvalue weighted by Crippen LogP contribution is -2.47. The van der Waals surface area contributed by atoms with E-state index in [0.29, 0.717) is 35.3 Å². The zero-order valence-electron chi connectivity index (χ0n) is 24.0. The average Bonchev–Trinajstić information content (AvgIpc) is 3.55. The first-order valence-electron chi connectivity index (χ1n) is 15.0. The van der Waals surface area contributed by atoms with E-state index >= 15 is 0 Å². The van der Waals surface area contributed by atoms with E-state index in [-0.39, 0.29) is 17.1 Å². The summed E-state index contributed by atoms with van der Waals surface area (Å²) in [5.41, 5.74) is 5.52. The highest BCUT2D eigenvalue weighted by atomic mass is 16.7. The molecule has 212 valence electrons. The van der Waals surface area contributed by atoms with Gasteiger partial charge in [0.2, 0.25) is 0 Å². The molecule has 0 aromatic heterocycles. The number of benzene rings is 1. The van der Waals surface area contributed by atoms with Gasteiger partial charge in [0.15, 0.2) is 5.79 Å². The number of hydrogen-bond donors (Lipinski definition) is 0. The van der Waals surface area contributed by atoms with Gasteiger partial charge in [0.25, 0.3) is 5.91 Å². The quantitative estimate of drug-likeness (QED) is 0.229. The lowest BCUT2D eigenvalue weighted by Gasteiger charge is -2.54. The van der Waals surface area contributed by atoms with E-state index in [2.05, 4.69) is 25.6 Å². The minimum absolute atomic E-state index is 0.127. The predicted molar refractivity (Wildman–Crippen MR) is 150 cm³/mol. The third-order valence-corrected chi connectivity index (χ3v) is 10.8. The molecule has 1 heterocycles. The maximum Gasteiger partial charge on any atom is 0.277 e. The maximum atomic E-state index is 12.7. The van der Waals surface area contributed by atoms with Crippen LogP contribution in [-0.4, -0.2) is 56.8 Å².